The third-order valence-electron chi connectivity index (χ3n) is 7.92. The van der Waals surface area contributed by atoms with Crippen LogP contribution in [0.3, 0.4) is 0 Å². The first kappa shape index (κ1) is 21.7. The molecule has 1 unspecified atom stereocenters. The van der Waals surface area contributed by atoms with Crippen LogP contribution in [-0.2, 0) is 0 Å². The van der Waals surface area contributed by atoms with E-state index >= 15 is 0 Å². The van der Waals surface area contributed by atoms with Crippen LogP contribution in [0, 0.1) is 23.2 Å². The molecule has 1 saturated heterocycles. The van der Waals surface area contributed by atoms with Crippen LogP contribution >= 0.6 is 0 Å². The van der Waals surface area contributed by atoms with Crippen molar-refractivity contribution in [2.45, 2.75) is 105 Å². The minimum Gasteiger partial charge on any atom is -0.365 e. The van der Waals surface area contributed by atoms with Gasteiger partial charge in [-0.1, -0.05) is 73.1 Å². The van der Waals surface area contributed by atoms with Gasteiger partial charge in [0.15, 0.2) is 0 Å². The zero-order valence-electron chi connectivity index (χ0n) is 20.1. The lowest BCUT2D eigenvalue weighted by Crippen LogP contribution is -2.42. The highest BCUT2D eigenvalue weighted by Gasteiger charge is 2.55. The molecular weight excluding hydrogens is 338 g/mol. The molecule has 2 fully saturated rings. The van der Waals surface area contributed by atoms with E-state index in [2.05, 4.69) is 85.4 Å². The van der Waals surface area contributed by atoms with Gasteiger partial charge in [-0.25, -0.2) is 0 Å². The van der Waals surface area contributed by atoms with E-state index in [0.29, 0.717) is 17.3 Å². The van der Waals surface area contributed by atoms with E-state index in [0.717, 1.165) is 17.8 Å². The van der Waals surface area contributed by atoms with E-state index in [9.17, 15) is 0 Å². The Balaban J connectivity index is 2.11. The van der Waals surface area contributed by atoms with Crippen molar-refractivity contribution in [3.05, 3.63) is 29.3 Å². The molecule has 1 nitrogen and oxygen atoms in total. The Hall–Kier alpha value is -0.980. The molecule has 1 heterocycles. The Labute approximate surface area is 175 Å². The topological polar surface area (TPSA) is 3.24 Å². The largest absolute Gasteiger partial charge is 0.365 e. The number of hydrogen-bond acceptors (Lipinski definition) is 1. The van der Waals surface area contributed by atoms with Crippen molar-refractivity contribution in [1.82, 2.24) is 0 Å². The van der Waals surface area contributed by atoms with E-state index in [1.54, 1.807) is 16.8 Å². The van der Waals surface area contributed by atoms with Gasteiger partial charge in [-0.3, -0.25) is 0 Å². The van der Waals surface area contributed by atoms with Crippen molar-refractivity contribution in [1.29, 1.82) is 0 Å². The normalized spacial score (nSPS) is 30.2. The fraction of sp³-hybridized carbons (Fsp3) is 0.778. The molecule has 0 aromatic heterocycles. The van der Waals surface area contributed by atoms with Crippen LogP contribution in [0.4, 0.5) is 5.69 Å². The summed E-state index contributed by atoms with van der Waals surface area (Å²) in [4.78, 5) is 2.85. The summed E-state index contributed by atoms with van der Waals surface area (Å²) in [5.74, 6) is 3.64. The van der Waals surface area contributed by atoms with Crippen LogP contribution in [0.2, 0.25) is 0 Å². The lowest BCUT2D eigenvalue weighted by molar-refractivity contribution is 0.0453. The van der Waals surface area contributed by atoms with E-state index in [1.165, 1.54) is 32.2 Å². The highest BCUT2D eigenvalue weighted by Crippen LogP contribution is 2.58. The predicted octanol–water partition coefficient (Wildman–Crippen LogP) is 8.00. The molecule has 0 amide bonds. The van der Waals surface area contributed by atoms with Crippen LogP contribution < -0.4 is 4.90 Å². The second kappa shape index (κ2) is 7.69. The van der Waals surface area contributed by atoms with Crippen molar-refractivity contribution in [2.24, 2.45) is 23.2 Å². The van der Waals surface area contributed by atoms with E-state index in [1.807, 2.05) is 0 Å². The standard InChI is InChI=1S/C27H45N/c1-18(2)22-11-10-12-23(19(3)4)25(22)28-17-27(16-26(28,8)9)15-21(7)13-14-24(27)20(5)6/h10-12,18-21,24H,13-17H2,1-9H3/t21-,24+,27?/m1/s1. The average Bonchev–Trinajstić information content (AvgIpc) is 2.83. The molecule has 1 heteroatoms. The molecule has 3 atom stereocenters. The van der Waals surface area contributed by atoms with Gasteiger partial charge in [-0.15, -0.1) is 0 Å². The molecule has 1 aliphatic heterocycles. The Bertz CT molecular complexity index is 657. The highest BCUT2D eigenvalue weighted by atomic mass is 15.2. The summed E-state index contributed by atoms with van der Waals surface area (Å²) in [7, 11) is 0. The SMILES string of the molecule is CC(C)c1cccc(C(C)C)c1N1CC2(C[C@H](C)CC[C@H]2C(C)C)CC1(C)C. The fourth-order valence-corrected chi connectivity index (χ4v) is 6.89. The third-order valence-corrected chi connectivity index (χ3v) is 7.92. The summed E-state index contributed by atoms with van der Waals surface area (Å²) < 4.78 is 0. The van der Waals surface area contributed by atoms with Crippen molar-refractivity contribution >= 4 is 5.69 Å². The molecule has 0 bridgehead atoms. The summed E-state index contributed by atoms with van der Waals surface area (Å²) in [6, 6.07) is 7.05. The first-order valence-corrected chi connectivity index (χ1v) is 11.9. The van der Waals surface area contributed by atoms with Gasteiger partial charge in [0.05, 0.1) is 0 Å². The molecule has 28 heavy (non-hydrogen) atoms. The number of benzene rings is 1. The number of para-hydroxylation sites is 1. The van der Waals surface area contributed by atoms with E-state index < -0.39 is 0 Å². The Kier molecular flexibility index (Phi) is 5.97. The van der Waals surface area contributed by atoms with Gasteiger partial charge in [-0.2, -0.15) is 0 Å². The average molecular weight is 384 g/mol. The van der Waals surface area contributed by atoms with Crippen molar-refractivity contribution in [3.63, 3.8) is 0 Å². The fourth-order valence-electron chi connectivity index (χ4n) is 6.89. The monoisotopic (exact) mass is 383 g/mol. The van der Waals surface area contributed by atoms with Crippen molar-refractivity contribution in [2.75, 3.05) is 11.4 Å². The van der Waals surface area contributed by atoms with Gasteiger partial charge < -0.3 is 4.90 Å². The molecule has 0 N–H and O–H groups in total. The van der Waals surface area contributed by atoms with Gasteiger partial charge in [-0.05, 0) is 79.2 Å². The molecule has 3 rings (SSSR count). The summed E-state index contributed by atoms with van der Waals surface area (Å²) in [6.45, 7) is 23.2. The molecule has 1 saturated carbocycles. The van der Waals surface area contributed by atoms with Crippen LogP contribution in [0.15, 0.2) is 18.2 Å². The second-order valence-electron chi connectivity index (χ2n) is 11.8. The van der Waals surface area contributed by atoms with Gasteiger partial charge in [0.25, 0.3) is 0 Å². The smallest absolute Gasteiger partial charge is 0.0441 e. The quantitative estimate of drug-likeness (QED) is 0.509. The summed E-state index contributed by atoms with van der Waals surface area (Å²) in [5.41, 5.74) is 5.35. The highest BCUT2D eigenvalue weighted by molar-refractivity contribution is 5.64. The Morgan fingerprint density at radius 2 is 1.50 bits per heavy atom. The Morgan fingerprint density at radius 1 is 0.929 bits per heavy atom. The Morgan fingerprint density at radius 3 is 2.00 bits per heavy atom. The number of hydrogen-bond donors (Lipinski definition) is 0. The minimum absolute atomic E-state index is 0.221. The zero-order valence-corrected chi connectivity index (χ0v) is 20.1. The van der Waals surface area contributed by atoms with E-state index in [4.69, 9.17) is 0 Å². The van der Waals surface area contributed by atoms with Gasteiger partial charge in [0, 0.05) is 17.8 Å². The maximum absolute atomic E-state index is 2.85. The molecule has 2 aliphatic rings. The summed E-state index contributed by atoms with van der Waals surface area (Å²) >= 11 is 0. The van der Waals surface area contributed by atoms with Crippen LogP contribution in [-0.4, -0.2) is 12.1 Å². The maximum Gasteiger partial charge on any atom is 0.0441 e. The van der Waals surface area contributed by atoms with Gasteiger partial charge in [0.2, 0.25) is 0 Å². The molecule has 1 aromatic carbocycles. The number of nitrogens with zero attached hydrogens (tertiary/aromatic N) is 1. The molecule has 0 radical (unpaired) electrons. The maximum atomic E-state index is 2.85. The molecule has 1 aromatic rings. The van der Waals surface area contributed by atoms with Gasteiger partial charge >= 0.3 is 0 Å². The van der Waals surface area contributed by atoms with Crippen LogP contribution in [0.25, 0.3) is 0 Å². The van der Waals surface area contributed by atoms with Crippen molar-refractivity contribution in [3.8, 4) is 0 Å². The molecule has 1 spiro atoms. The molecular formula is C27H45N. The predicted molar refractivity (Wildman–Crippen MR) is 124 cm³/mol. The molecule has 158 valence electrons. The molecule has 1 aliphatic carbocycles. The first-order chi connectivity index (χ1) is 13.0. The summed E-state index contributed by atoms with van der Waals surface area (Å²) in [5, 5.41) is 0. The van der Waals surface area contributed by atoms with E-state index in [-0.39, 0.29) is 5.54 Å². The lowest BCUT2D eigenvalue weighted by atomic mass is 9.58. The second-order valence-corrected chi connectivity index (χ2v) is 11.8. The number of anilines is 1. The minimum atomic E-state index is 0.221. The van der Waals surface area contributed by atoms with Crippen LogP contribution in [0.5, 0.6) is 0 Å². The number of rotatable bonds is 4. The van der Waals surface area contributed by atoms with Gasteiger partial charge in [0.1, 0.15) is 0 Å². The van der Waals surface area contributed by atoms with Crippen molar-refractivity contribution < 1.29 is 0 Å². The first-order valence-electron chi connectivity index (χ1n) is 11.9. The zero-order chi connectivity index (χ0) is 20.9. The lowest BCUT2D eigenvalue weighted by Gasteiger charge is -2.46. The van der Waals surface area contributed by atoms with Crippen LogP contribution in [0.1, 0.15) is 111 Å². The third kappa shape index (κ3) is 3.75. The summed E-state index contributed by atoms with van der Waals surface area (Å²) in [6.07, 6.45) is 5.60.